The zero-order valence-corrected chi connectivity index (χ0v) is 9.75. The fourth-order valence-corrected chi connectivity index (χ4v) is 3.56. The highest BCUT2D eigenvalue weighted by atomic mass is 16.5. The molecule has 1 saturated carbocycles. The molecule has 1 nitrogen and oxygen atoms in total. The number of ether oxygens (including phenoxy) is 1. The summed E-state index contributed by atoms with van der Waals surface area (Å²) in [4.78, 5) is 0. The molecule has 15 heavy (non-hydrogen) atoms. The van der Waals surface area contributed by atoms with E-state index in [9.17, 15) is 0 Å². The van der Waals surface area contributed by atoms with Crippen molar-refractivity contribution < 1.29 is 4.74 Å². The molecule has 0 N–H and O–H groups in total. The van der Waals surface area contributed by atoms with Crippen molar-refractivity contribution in [3.8, 4) is 0 Å². The van der Waals surface area contributed by atoms with Crippen molar-refractivity contribution in [3.63, 3.8) is 0 Å². The van der Waals surface area contributed by atoms with Crippen LogP contribution >= 0.6 is 0 Å². The Bertz CT molecular complexity index is 339. The second-order valence-electron chi connectivity index (χ2n) is 5.90. The van der Waals surface area contributed by atoms with Gasteiger partial charge in [-0.15, -0.1) is 0 Å². The van der Waals surface area contributed by atoms with Crippen molar-refractivity contribution in [2.45, 2.75) is 51.2 Å². The molecule has 2 aliphatic heterocycles. The molecule has 3 rings (SSSR count). The third-order valence-electron chi connectivity index (χ3n) is 4.76. The van der Waals surface area contributed by atoms with E-state index in [1.54, 1.807) is 0 Å². The number of hydrogen-bond acceptors (Lipinski definition) is 1. The predicted molar refractivity (Wildman–Crippen MR) is 61.6 cm³/mol. The number of fused-ring (bicyclic) bond motifs is 1. The molecule has 0 aromatic rings. The summed E-state index contributed by atoms with van der Waals surface area (Å²) in [6.45, 7) is 8.91. The average molecular weight is 204 g/mol. The van der Waals surface area contributed by atoms with Gasteiger partial charge in [-0.05, 0) is 12.8 Å². The predicted octanol–water partition coefficient (Wildman–Crippen LogP) is 3.47. The van der Waals surface area contributed by atoms with Crippen LogP contribution in [0.25, 0.3) is 0 Å². The molecule has 1 spiro atoms. The van der Waals surface area contributed by atoms with Crippen LogP contribution in [0.5, 0.6) is 0 Å². The van der Waals surface area contributed by atoms with Crippen molar-refractivity contribution in [3.05, 3.63) is 24.3 Å². The Hall–Kier alpha value is -0.560. The first-order chi connectivity index (χ1) is 7.06. The number of rotatable bonds is 0. The fraction of sp³-hybridized carbons (Fsp3) is 0.714. The lowest BCUT2D eigenvalue weighted by atomic mass is 9.64. The van der Waals surface area contributed by atoms with Crippen molar-refractivity contribution in [1.29, 1.82) is 0 Å². The van der Waals surface area contributed by atoms with E-state index in [1.165, 1.54) is 31.3 Å². The van der Waals surface area contributed by atoms with Gasteiger partial charge in [-0.25, -0.2) is 0 Å². The van der Waals surface area contributed by atoms with Crippen molar-refractivity contribution in [2.75, 3.05) is 0 Å². The van der Waals surface area contributed by atoms with E-state index < -0.39 is 0 Å². The van der Waals surface area contributed by atoms with Crippen molar-refractivity contribution in [2.24, 2.45) is 11.3 Å². The van der Waals surface area contributed by atoms with Crippen LogP contribution in [0.2, 0.25) is 0 Å². The molecular weight excluding hydrogens is 184 g/mol. The lowest BCUT2D eigenvalue weighted by molar-refractivity contribution is -0.134. The minimum Gasteiger partial charge on any atom is -0.362 e. The van der Waals surface area contributed by atoms with Gasteiger partial charge in [0.05, 0.1) is 11.7 Å². The van der Waals surface area contributed by atoms with Crippen molar-refractivity contribution >= 4 is 0 Å². The molecule has 1 saturated heterocycles. The van der Waals surface area contributed by atoms with Gasteiger partial charge >= 0.3 is 0 Å². The molecule has 2 bridgehead atoms. The topological polar surface area (TPSA) is 9.23 Å². The highest BCUT2D eigenvalue weighted by Gasteiger charge is 2.55. The zero-order chi connectivity index (χ0) is 10.7. The summed E-state index contributed by atoms with van der Waals surface area (Å²) in [5, 5.41) is 0. The van der Waals surface area contributed by atoms with Gasteiger partial charge in [0.1, 0.15) is 0 Å². The zero-order valence-electron chi connectivity index (χ0n) is 9.75. The normalized spacial score (nSPS) is 46.7. The van der Waals surface area contributed by atoms with Gasteiger partial charge in [-0.2, -0.15) is 0 Å². The van der Waals surface area contributed by atoms with E-state index in [2.05, 4.69) is 32.6 Å². The summed E-state index contributed by atoms with van der Waals surface area (Å²) < 4.78 is 6.30. The van der Waals surface area contributed by atoms with Crippen LogP contribution < -0.4 is 0 Å². The van der Waals surface area contributed by atoms with E-state index in [4.69, 9.17) is 4.74 Å². The van der Waals surface area contributed by atoms with E-state index in [-0.39, 0.29) is 17.1 Å². The lowest BCUT2D eigenvalue weighted by Gasteiger charge is -2.52. The number of hydrogen-bond donors (Lipinski definition) is 0. The van der Waals surface area contributed by atoms with Gasteiger partial charge in [0.15, 0.2) is 0 Å². The Morgan fingerprint density at radius 2 is 2.20 bits per heavy atom. The third kappa shape index (κ3) is 1.08. The first-order valence-electron chi connectivity index (χ1n) is 6.13. The molecule has 82 valence electrons. The maximum atomic E-state index is 6.30. The minimum atomic E-state index is 0.0372. The second kappa shape index (κ2) is 2.76. The van der Waals surface area contributed by atoms with Gasteiger partial charge in [0, 0.05) is 11.3 Å². The van der Waals surface area contributed by atoms with Crippen molar-refractivity contribution in [1.82, 2.24) is 0 Å². The lowest BCUT2D eigenvalue weighted by Crippen LogP contribution is -2.51. The molecule has 0 amide bonds. The fourth-order valence-electron chi connectivity index (χ4n) is 3.56. The molecule has 3 aliphatic rings. The van der Waals surface area contributed by atoms with E-state index in [0.29, 0.717) is 5.92 Å². The highest BCUT2D eigenvalue weighted by Crippen LogP contribution is 2.56. The first-order valence-corrected chi connectivity index (χ1v) is 6.13. The van der Waals surface area contributed by atoms with Crippen LogP contribution in [0.3, 0.4) is 0 Å². The maximum Gasteiger partial charge on any atom is 0.0936 e. The summed E-state index contributed by atoms with van der Waals surface area (Å²) in [5.74, 6) is 0.566. The van der Waals surface area contributed by atoms with E-state index >= 15 is 0 Å². The summed E-state index contributed by atoms with van der Waals surface area (Å²) >= 11 is 0. The molecule has 3 atom stereocenters. The first kappa shape index (κ1) is 9.65. The second-order valence-corrected chi connectivity index (χ2v) is 5.90. The monoisotopic (exact) mass is 204 g/mol. The smallest absolute Gasteiger partial charge is 0.0936 e. The summed E-state index contributed by atoms with van der Waals surface area (Å²) in [6.07, 6.45) is 9.97. The molecule has 2 heterocycles. The van der Waals surface area contributed by atoms with Gasteiger partial charge < -0.3 is 4.74 Å². The van der Waals surface area contributed by atoms with Crippen LogP contribution in [0, 0.1) is 11.3 Å². The average Bonchev–Trinajstić information content (AvgIpc) is 2.60. The SMILES string of the molecule is C=C1[C@H]2CCCC[C@@]23C=C[C@@H](O3)C1(C)C. The van der Waals surface area contributed by atoms with E-state index in [1.807, 2.05) is 0 Å². The molecular formula is C14H20O. The van der Waals surface area contributed by atoms with E-state index in [0.717, 1.165) is 0 Å². The molecule has 0 radical (unpaired) electrons. The maximum absolute atomic E-state index is 6.30. The Kier molecular flexibility index (Phi) is 1.78. The largest absolute Gasteiger partial charge is 0.362 e. The third-order valence-corrected chi connectivity index (χ3v) is 4.76. The molecule has 0 unspecified atom stereocenters. The molecule has 1 aliphatic carbocycles. The van der Waals surface area contributed by atoms with Gasteiger partial charge in [0.2, 0.25) is 0 Å². The van der Waals surface area contributed by atoms with Crippen LogP contribution in [0.4, 0.5) is 0 Å². The molecule has 0 aromatic carbocycles. The quantitative estimate of drug-likeness (QED) is 0.549. The highest BCUT2D eigenvalue weighted by molar-refractivity contribution is 5.34. The standard InChI is InChI=1S/C14H20O/c1-10-11-6-4-5-8-14(11)9-7-12(15-14)13(10,2)3/h7,9,11-12H,1,4-6,8H2,2-3H3/t11-,12-,14-/m1/s1. The Morgan fingerprint density at radius 3 is 3.00 bits per heavy atom. The summed E-state index contributed by atoms with van der Waals surface area (Å²) in [6, 6.07) is 0. The Morgan fingerprint density at radius 1 is 1.40 bits per heavy atom. The van der Waals surface area contributed by atoms with Crippen LogP contribution in [0.15, 0.2) is 24.3 Å². The Balaban J connectivity index is 2.05. The summed E-state index contributed by atoms with van der Waals surface area (Å²) in [5.41, 5.74) is 1.58. The minimum absolute atomic E-state index is 0.0372. The van der Waals surface area contributed by atoms with Crippen LogP contribution in [-0.2, 0) is 4.74 Å². The van der Waals surface area contributed by atoms with Gasteiger partial charge in [0.25, 0.3) is 0 Å². The van der Waals surface area contributed by atoms with Crippen LogP contribution in [0.1, 0.15) is 39.5 Å². The van der Waals surface area contributed by atoms with Gasteiger partial charge in [-0.3, -0.25) is 0 Å². The Labute approximate surface area is 92.2 Å². The summed E-state index contributed by atoms with van der Waals surface area (Å²) in [7, 11) is 0. The molecule has 1 heteroatoms. The molecule has 2 fully saturated rings. The van der Waals surface area contributed by atoms with Gasteiger partial charge in [-0.1, -0.05) is 51.0 Å². The molecule has 0 aromatic heterocycles. The van der Waals surface area contributed by atoms with Crippen LogP contribution in [-0.4, -0.2) is 11.7 Å².